The van der Waals surface area contributed by atoms with Gasteiger partial charge >= 0.3 is 0 Å². The van der Waals surface area contributed by atoms with Crippen molar-refractivity contribution in [1.82, 2.24) is 5.32 Å². The zero-order valence-electron chi connectivity index (χ0n) is 7.59. The molecule has 0 saturated carbocycles. The summed E-state index contributed by atoms with van der Waals surface area (Å²) in [4.78, 5) is 0. The van der Waals surface area contributed by atoms with Crippen molar-refractivity contribution in [3.05, 3.63) is 35.4 Å². The second kappa shape index (κ2) is 4.02. The molecule has 1 aromatic carbocycles. The van der Waals surface area contributed by atoms with Gasteiger partial charge in [-0.05, 0) is 6.07 Å². The van der Waals surface area contributed by atoms with Crippen molar-refractivity contribution in [2.75, 3.05) is 19.7 Å². The lowest BCUT2D eigenvalue weighted by molar-refractivity contribution is 0.0255. The third kappa shape index (κ3) is 1.91. The van der Waals surface area contributed by atoms with E-state index in [0.29, 0.717) is 18.7 Å². The van der Waals surface area contributed by atoms with Gasteiger partial charge in [-0.15, -0.1) is 0 Å². The summed E-state index contributed by atoms with van der Waals surface area (Å²) in [6.07, 6.45) is -0.302. The van der Waals surface area contributed by atoms with Crippen molar-refractivity contribution in [2.24, 2.45) is 0 Å². The number of morpholine rings is 1. The van der Waals surface area contributed by atoms with Crippen LogP contribution >= 0.6 is 0 Å². The van der Waals surface area contributed by atoms with Crippen molar-refractivity contribution in [1.29, 1.82) is 0 Å². The minimum absolute atomic E-state index is 0.302. The molecule has 0 radical (unpaired) electrons. The Morgan fingerprint density at radius 2 is 2.21 bits per heavy atom. The number of nitrogens with one attached hydrogen (secondary N) is 1. The van der Waals surface area contributed by atoms with Gasteiger partial charge in [0.25, 0.3) is 0 Å². The topological polar surface area (TPSA) is 21.3 Å². The van der Waals surface area contributed by atoms with Crippen molar-refractivity contribution >= 4 is 0 Å². The summed E-state index contributed by atoms with van der Waals surface area (Å²) in [5.41, 5.74) is 0.415. The number of rotatable bonds is 1. The van der Waals surface area contributed by atoms with E-state index in [1.807, 2.05) is 0 Å². The first-order valence-corrected chi connectivity index (χ1v) is 4.54. The Kier molecular flexibility index (Phi) is 2.74. The Bertz CT molecular complexity index is 324. The first-order valence-electron chi connectivity index (χ1n) is 4.54. The van der Waals surface area contributed by atoms with E-state index in [0.717, 1.165) is 12.6 Å². The molecule has 14 heavy (non-hydrogen) atoms. The minimum Gasteiger partial charge on any atom is -0.371 e. The van der Waals surface area contributed by atoms with Crippen LogP contribution in [-0.2, 0) is 4.74 Å². The van der Waals surface area contributed by atoms with E-state index >= 15 is 0 Å². The fraction of sp³-hybridized carbons (Fsp3) is 0.400. The average molecular weight is 199 g/mol. The van der Waals surface area contributed by atoms with Gasteiger partial charge in [0.1, 0.15) is 11.6 Å². The highest BCUT2D eigenvalue weighted by Crippen LogP contribution is 2.22. The van der Waals surface area contributed by atoms with Crippen LogP contribution in [0.15, 0.2) is 18.2 Å². The first kappa shape index (κ1) is 9.55. The number of benzene rings is 1. The summed E-state index contributed by atoms with van der Waals surface area (Å²) in [5, 5.41) is 3.09. The van der Waals surface area contributed by atoms with Crippen LogP contribution in [0.3, 0.4) is 0 Å². The quantitative estimate of drug-likeness (QED) is 0.742. The van der Waals surface area contributed by atoms with Crippen LogP contribution in [-0.4, -0.2) is 19.7 Å². The van der Waals surface area contributed by atoms with E-state index < -0.39 is 11.6 Å². The van der Waals surface area contributed by atoms with Crippen LogP contribution in [0.1, 0.15) is 11.7 Å². The van der Waals surface area contributed by atoms with Gasteiger partial charge < -0.3 is 10.1 Å². The Morgan fingerprint density at radius 1 is 1.36 bits per heavy atom. The maximum atomic E-state index is 13.3. The molecule has 0 spiro atoms. The summed E-state index contributed by atoms with van der Waals surface area (Å²) in [7, 11) is 0. The molecule has 1 fully saturated rings. The van der Waals surface area contributed by atoms with E-state index in [2.05, 4.69) is 5.32 Å². The minimum atomic E-state index is -0.560. The van der Waals surface area contributed by atoms with Crippen LogP contribution in [0.4, 0.5) is 8.78 Å². The average Bonchev–Trinajstić information content (AvgIpc) is 2.19. The van der Waals surface area contributed by atoms with Crippen LogP contribution in [0.25, 0.3) is 0 Å². The SMILES string of the molecule is Fc1ccc([C@H]2CNCCO2)c(F)c1. The Morgan fingerprint density at radius 3 is 2.86 bits per heavy atom. The monoisotopic (exact) mass is 199 g/mol. The Labute approximate surface area is 80.9 Å². The molecule has 0 amide bonds. The molecule has 2 nitrogen and oxygen atoms in total. The van der Waals surface area contributed by atoms with Crippen molar-refractivity contribution in [3.8, 4) is 0 Å². The molecule has 0 aromatic heterocycles. The summed E-state index contributed by atoms with van der Waals surface area (Å²) in [6.45, 7) is 1.91. The van der Waals surface area contributed by atoms with E-state index in [1.54, 1.807) is 0 Å². The number of ether oxygens (including phenoxy) is 1. The van der Waals surface area contributed by atoms with Gasteiger partial charge in [-0.1, -0.05) is 6.07 Å². The van der Waals surface area contributed by atoms with E-state index in [-0.39, 0.29) is 6.10 Å². The maximum Gasteiger partial charge on any atom is 0.131 e. The Hall–Kier alpha value is -1.00. The largest absolute Gasteiger partial charge is 0.371 e. The van der Waals surface area contributed by atoms with E-state index in [1.165, 1.54) is 12.1 Å². The molecule has 76 valence electrons. The fourth-order valence-corrected chi connectivity index (χ4v) is 1.53. The molecule has 1 saturated heterocycles. The first-order chi connectivity index (χ1) is 6.77. The summed E-state index contributed by atoms with van der Waals surface area (Å²) < 4.78 is 31.3. The third-order valence-electron chi connectivity index (χ3n) is 2.24. The molecule has 1 N–H and O–H groups in total. The van der Waals surface area contributed by atoms with Crippen molar-refractivity contribution in [3.63, 3.8) is 0 Å². The fourth-order valence-electron chi connectivity index (χ4n) is 1.53. The normalized spacial score (nSPS) is 22.3. The molecule has 1 atom stereocenters. The highest BCUT2D eigenvalue weighted by Gasteiger charge is 2.19. The molecule has 0 bridgehead atoms. The molecule has 2 rings (SSSR count). The predicted molar refractivity (Wildman–Crippen MR) is 47.9 cm³/mol. The van der Waals surface area contributed by atoms with E-state index in [4.69, 9.17) is 4.74 Å². The lowest BCUT2D eigenvalue weighted by atomic mass is 10.1. The van der Waals surface area contributed by atoms with Gasteiger partial charge in [-0.2, -0.15) is 0 Å². The van der Waals surface area contributed by atoms with Crippen LogP contribution in [0, 0.1) is 11.6 Å². The lowest BCUT2D eigenvalue weighted by Crippen LogP contribution is -2.33. The highest BCUT2D eigenvalue weighted by molar-refractivity contribution is 5.21. The van der Waals surface area contributed by atoms with Crippen LogP contribution in [0.5, 0.6) is 0 Å². The molecule has 0 aliphatic carbocycles. The van der Waals surface area contributed by atoms with Crippen LogP contribution in [0.2, 0.25) is 0 Å². The molecule has 4 heteroatoms. The predicted octanol–water partition coefficient (Wildman–Crippen LogP) is 1.63. The number of hydrogen-bond acceptors (Lipinski definition) is 2. The summed E-state index contributed by atoms with van der Waals surface area (Å²) in [6, 6.07) is 3.56. The van der Waals surface area contributed by atoms with Crippen molar-refractivity contribution in [2.45, 2.75) is 6.10 Å². The van der Waals surface area contributed by atoms with Gasteiger partial charge in [-0.3, -0.25) is 0 Å². The van der Waals surface area contributed by atoms with Gasteiger partial charge in [0.2, 0.25) is 0 Å². The van der Waals surface area contributed by atoms with Gasteiger partial charge in [0, 0.05) is 24.7 Å². The summed E-state index contributed by atoms with van der Waals surface area (Å²) >= 11 is 0. The van der Waals surface area contributed by atoms with Crippen molar-refractivity contribution < 1.29 is 13.5 Å². The van der Waals surface area contributed by atoms with Gasteiger partial charge in [0.05, 0.1) is 12.7 Å². The molecule has 0 unspecified atom stereocenters. The number of hydrogen-bond donors (Lipinski definition) is 1. The van der Waals surface area contributed by atoms with E-state index in [9.17, 15) is 8.78 Å². The molecular weight excluding hydrogens is 188 g/mol. The lowest BCUT2D eigenvalue weighted by Gasteiger charge is -2.24. The highest BCUT2D eigenvalue weighted by atomic mass is 19.1. The van der Waals surface area contributed by atoms with Gasteiger partial charge in [-0.25, -0.2) is 8.78 Å². The smallest absolute Gasteiger partial charge is 0.131 e. The number of halogens is 2. The standard InChI is InChI=1S/C10H11F2NO/c11-7-1-2-8(9(12)5-7)10-6-13-3-4-14-10/h1-2,5,10,13H,3-4,6H2/t10-/m1/s1. The second-order valence-electron chi connectivity index (χ2n) is 3.23. The second-order valence-corrected chi connectivity index (χ2v) is 3.23. The third-order valence-corrected chi connectivity index (χ3v) is 2.24. The molecule has 1 aromatic rings. The molecule has 1 heterocycles. The van der Waals surface area contributed by atoms with Gasteiger partial charge in [0.15, 0.2) is 0 Å². The van der Waals surface area contributed by atoms with Crippen LogP contribution < -0.4 is 5.32 Å². The Balaban J connectivity index is 2.22. The zero-order valence-corrected chi connectivity index (χ0v) is 7.59. The molecular formula is C10H11F2NO. The zero-order chi connectivity index (χ0) is 9.97. The molecule has 1 aliphatic rings. The summed E-state index contributed by atoms with van der Waals surface area (Å²) in [5.74, 6) is -1.10. The maximum absolute atomic E-state index is 13.3. The molecule has 1 aliphatic heterocycles.